The second-order valence-corrected chi connectivity index (χ2v) is 7.26. The van der Waals surface area contributed by atoms with E-state index in [1.165, 1.54) is 5.56 Å². The summed E-state index contributed by atoms with van der Waals surface area (Å²) in [4.78, 5) is 30.5. The van der Waals surface area contributed by atoms with Crippen molar-refractivity contribution < 1.29 is 9.59 Å². The van der Waals surface area contributed by atoms with Crippen molar-refractivity contribution in [1.29, 1.82) is 0 Å². The lowest BCUT2D eigenvalue weighted by atomic mass is 9.86. The molecule has 132 valence electrons. The summed E-state index contributed by atoms with van der Waals surface area (Å²) in [7, 11) is 1.92. The van der Waals surface area contributed by atoms with Crippen LogP contribution in [0.25, 0.3) is 0 Å². The predicted octanol–water partition coefficient (Wildman–Crippen LogP) is 0.323. The summed E-state index contributed by atoms with van der Waals surface area (Å²) in [5.41, 5.74) is 1.01. The van der Waals surface area contributed by atoms with Crippen molar-refractivity contribution in [3.8, 4) is 0 Å². The maximum absolute atomic E-state index is 12.3. The highest BCUT2D eigenvalue weighted by atomic mass is 16.2. The first-order chi connectivity index (χ1) is 11.4. The summed E-state index contributed by atoms with van der Waals surface area (Å²) in [5, 5.41) is 4.24. The highest BCUT2D eigenvalue weighted by Crippen LogP contribution is 2.35. The molecule has 0 bridgehead atoms. The van der Waals surface area contributed by atoms with Gasteiger partial charge in [-0.05, 0) is 6.92 Å². The van der Waals surface area contributed by atoms with Crippen molar-refractivity contribution >= 4 is 11.8 Å². The van der Waals surface area contributed by atoms with Gasteiger partial charge in [0, 0.05) is 83.4 Å². The molecule has 2 aliphatic heterocycles. The van der Waals surface area contributed by atoms with Crippen LogP contribution in [0.15, 0.2) is 12.4 Å². The van der Waals surface area contributed by atoms with Crippen molar-refractivity contribution in [2.45, 2.75) is 26.8 Å². The fourth-order valence-corrected chi connectivity index (χ4v) is 4.05. The zero-order valence-corrected chi connectivity index (χ0v) is 14.9. The summed E-state index contributed by atoms with van der Waals surface area (Å²) in [6.07, 6.45) is 4.45. The van der Waals surface area contributed by atoms with E-state index in [4.69, 9.17) is 0 Å². The molecule has 7 nitrogen and oxygen atoms in total. The highest BCUT2D eigenvalue weighted by Gasteiger charge is 2.46. The quantitative estimate of drug-likeness (QED) is 0.799. The van der Waals surface area contributed by atoms with Crippen molar-refractivity contribution in [2.75, 3.05) is 39.3 Å². The molecule has 1 atom stereocenters. The average Bonchev–Trinajstić information content (AvgIpc) is 3.00. The molecule has 0 aliphatic carbocycles. The first-order valence-corrected chi connectivity index (χ1v) is 8.64. The summed E-state index contributed by atoms with van der Waals surface area (Å²) >= 11 is 0. The summed E-state index contributed by atoms with van der Waals surface area (Å²) < 4.78 is 1.81. The number of hydrogen-bond donors (Lipinski definition) is 0. The molecule has 1 aromatic rings. The van der Waals surface area contributed by atoms with Crippen LogP contribution in [0, 0.1) is 5.41 Å². The Morgan fingerprint density at radius 3 is 2.67 bits per heavy atom. The molecule has 0 saturated carbocycles. The van der Waals surface area contributed by atoms with Gasteiger partial charge in [-0.2, -0.15) is 5.10 Å². The van der Waals surface area contributed by atoms with Crippen LogP contribution in [0.3, 0.4) is 0 Å². The van der Waals surface area contributed by atoms with Crippen LogP contribution in [0.4, 0.5) is 0 Å². The molecule has 3 rings (SSSR count). The molecule has 2 amide bonds. The predicted molar refractivity (Wildman–Crippen MR) is 90.0 cm³/mol. The van der Waals surface area contributed by atoms with Crippen molar-refractivity contribution in [3.63, 3.8) is 0 Å². The highest BCUT2D eigenvalue weighted by molar-refractivity contribution is 5.80. The van der Waals surface area contributed by atoms with Gasteiger partial charge in [0.25, 0.3) is 0 Å². The zero-order chi connectivity index (χ0) is 17.3. The molecule has 24 heavy (non-hydrogen) atoms. The number of aryl methyl sites for hydroxylation is 1. The van der Waals surface area contributed by atoms with Gasteiger partial charge in [0.1, 0.15) is 0 Å². The molecular formula is C17H27N5O2. The second kappa shape index (κ2) is 6.55. The number of aromatic nitrogens is 2. The van der Waals surface area contributed by atoms with Gasteiger partial charge in [0.15, 0.2) is 0 Å². The molecule has 3 heterocycles. The van der Waals surface area contributed by atoms with Crippen LogP contribution >= 0.6 is 0 Å². The van der Waals surface area contributed by atoms with Crippen LogP contribution in [-0.4, -0.2) is 75.6 Å². The summed E-state index contributed by atoms with van der Waals surface area (Å²) in [6.45, 7) is 9.00. The van der Waals surface area contributed by atoms with E-state index in [0.717, 1.165) is 39.3 Å². The molecule has 2 saturated heterocycles. The summed E-state index contributed by atoms with van der Waals surface area (Å²) in [5.74, 6) is 0.309. The lowest BCUT2D eigenvalue weighted by molar-refractivity contribution is -0.130. The normalized spacial score (nSPS) is 25.5. The molecular weight excluding hydrogens is 306 g/mol. The molecule has 0 aromatic carbocycles. The fourth-order valence-electron chi connectivity index (χ4n) is 4.05. The van der Waals surface area contributed by atoms with Gasteiger partial charge in [-0.1, -0.05) is 0 Å². The lowest BCUT2D eigenvalue weighted by Gasteiger charge is -2.33. The van der Waals surface area contributed by atoms with E-state index in [-0.39, 0.29) is 17.2 Å². The third-order valence-electron chi connectivity index (χ3n) is 5.17. The molecule has 1 spiro atoms. The average molecular weight is 333 g/mol. The first kappa shape index (κ1) is 17.0. The van der Waals surface area contributed by atoms with Gasteiger partial charge < -0.3 is 9.80 Å². The Kier molecular flexibility index (Phi) is 4.62. The number of likely N-dealkylation sites (tertiary alicyclic amines) is 1. The van der Waals surface area contributed by atoms with Crippen LogP contribution in [-0.2, 0) is 23.2 Å². The minimum atomic E-state index is -0.155. The van der Waals surface area contributed by atoms with E-state index in [1.807, 2.05) is 40.8 Å². The van der Waals surface area contributed by atoms with Gasteiger partial charge in [-0.3, -0.25) is 19.2 Å². The Hall–Kier alpha value is -1.89. The van der Waals surface area contributed by atoms with Gasteiger partial charge in [-0.25, -0.2) is 0 Å². The first-order valence-electron chi connectivity index (χ1n) is 8.64. The Bertz CT molecular complexity index is 628. The minimum Gasteiger partial charge on any atom is -0.342 e. The van der Waals surface area contributed by atoms with Gasteiger partial charge >= 0.3 is 0 Å². The Labute approximate surface area is 143 Å². The van der Waals surface area contributed by atoms with E-state index >= 15 is 0 Å². The van der Waals surface area contributed by atoms with Crippen molar-refractivity contribution in [3.05, 3.63) is 18.0 Å². The number of nitrogens with zero attached hydrogens (tertiary/aromatic N) is 5. The fraction of sp³-hybridized carbons (Fsp3) is 0.706. The number of carbonyl (C=O) groups is 2. The minimum absolute atomic E-state index is 0.0972. The van der Waals surface area contributed by atoms with E-state index < -0.39 is 0 Å². The largest absolute Gasteiger partial charge is 0.342 e. The zero-order valence-electron chi connectivity index (χ0n) is 14.9. The number of rotatable bonds is 3. The van der Waals surface area contributed by atoms with Crippen LogP contribution in [0.1, 0.15) is 25.8 Å². The Balaban J connectivity index is 1.80. The maximum Gasteiger partial charge on any atom is 0.223 e. The van der Waals surface area contributed by atoms with Crippen LogP contribution in [0.2, 0.25) is 0 Å². The number of carbonyl (C=O) groups excluding carboxylic acids is 2. The molecule has 1 aromatic heterocycles. The van der Waals surface area contributed by atoms with Crippen LogP contribution in [0.5, 0.6) is 0 Å². The van der Waals surface area contributed by atoms with Gasteiger partial charge in [0.2, 0.25) is 11.8 Å². The third-order valence-corrected chi connectivity index (χ3v) is 5.17. The van der Waals surface area contributed by atoms with Crippen molar-refractivity contribution in [2.24, 2.45) is 12.5 Å². The van der Waals surface area contributed by atoms with Crippen molar-refractivity contribution in [1.82, 2.24) is 24.5 Å². The Morgan fingerprint density at radius 1 is 1.29 bits per heavy atom. The SMILES string of the molecule is CCN1C[C@]2(CC1=O)CN(Cc1cnn(C)c1)CCN(C(C)=O)C2. The van der Waals surface area contributed by atoms with E-state index in [9.17, 15) is 9.59 Å². The molecule has 2 fully saturated rings. The smallest absolute Gasteiger partial charge is 0.223 e. The third kappa shape index (κ3) is 3.45. The standard InChI is InChI=1S/C17H27N5O2/c1-4-21-12-17(7-16(21)24)11-20(5-6-22(13-17)14(2)23)10-15-8-18-19(3)9-15/h8-9H,4-7,10-13H2,1-3H3/t17-/m0/s1. The molecule has 2 aliphatic rings. The number of amides is 2. The maximum atomic E-state index is 12.3. The second-order valence-electron chi connectivity index (χ2n) is 7.26. The van der Waals surface area contributed by atoms with E-state index in [2.05, 4.69) is 10.00 Å². The molecule has 0 unspecified atom stereocenters. The molecule has 0 N–H and O–H groups in total. The van der Waals surface area contributed by atoms with E-state index in [0.29, 0.717) is 13.0 Å². The lowest BCUT2D eigenvalue weighted by Crippen LogP contribution is -2.43. The number of hydrogen-bond acceptors (Lipinski definition) is 4. The monoisotopic (exact) mass is 333 g/mol. The van der Waals surface area contributed by atoms with E-state index in [1.54, 1.807) is 6.92 Å². The Morgan fingerprint density at radius 2 is 2.08 bits per heavy atom. The van der Waals surface area contributed by atoms with Gasteiger partial charge in [0.05, 0.1) is 6.20 Å². The van der Waals surface area contributed by atoms with Gasteiger partial charge in [-0.15, -0.1) is 0 Å². The molecule has 0 radical (unpaired) electrons. The molecule has 7 heteroatoms. The summed E-state index contributed by atoms with van der Waals surface area (Å²) in [6, 6.07) is 0. The van der Waals surface area contributed by atoms with Crippen LogP contribution < -0.4 is 0 Å². The topological polar surface area (TPSA) is 61.7 Å².